The monoisotopic (exact) mass is 284 g/mol. The lowest BCUT2D eigenvalue weighted by Crippen LogP contribution is -2.22. The maximum Gasteiger partial charge on any atom is 0.339 e. The number of nitrogens with one attached hydrogen (secondary N) is 1. The van der Waals surface area contributed by atoms with E-state index in [1.54, 1.807) is 12.3 Å². The van der Waals surface area contributed by atoms with Crippen LogP contribution in [0.4, 0.5) is 5.82 Å². The minimum atomic E-state index is -0.954. The fraction of sp³-hybridized carbons (Fsp3) is 0.455. The van der Waals surface area contributed by atoms with E-state index >= 15 is 0 Å². The number of carboxylic acid groups (broad SMARTS) is 1. The lowest BCUT2D eigenvalue weighted by atomic mass is 9.85. The number of hydrogen-bond donors (Lipinski definition) is 2. The summed E-state index contributed by atoms with van der Waals surface area (Å²) < 4.78 is 0.680. The summed E-state index contributed by atoms with van der Waals surface area (Å²) in [6.07, 6.45) is 5.35. The van der Waals surface area contributed by atoms with Crippen molar-refractivity contribution in [3.8, 4) is 0 Å². The van der Waals surface area contributed by atoms with Crippen molar-refractivity contribution in [3.63, 3.8) is 0 Å². The van der Waals surface area contributed by atoms with E-state index in [1.807, 2.05) is 0 Å². The number of aromatic carboxylic acids is 1. The molecule has 1 fully saturated rings. The smallest absolute Gasteiger partial charge is 0.339 e. The third kappa shape index (κ3) is 2.52. The van der Waals surface area contributed by atoms with Crippen LogP contribution in [-0.4, -0.2) is 22.6 Å². The van der Waals surface area contributed by atoms with Crippen LogP contribution in [0.5, 0.6) is 0 Å². The van der Waals surface area contributed by atoms with Crippen molar-refractivity contribution in [2.75, 3.05) is 11.9 Å². The molecular formula is C11H13BrN2O2. The quantitative estimate of drug-likeness (QED) is 0.893. The first-order valence-electron chi connectivity index (χ1n) is 5.29. The Morgan fingerprint density at radius 1 is 1.62 bits per heavy atom. The van der Waals surface area contributed by atoms with Crippen molar-refractivity contribution in [2.45, 2.75) is 19.3 Å². The van der Waals surface area contributed by atoms with Crippen LogP contribution < -0.4 is 5.32 Å². The van der Waals surface area contributed by atoms with E-state index in [1.165, 1.54) is 19.3 Å². The molecule has 0 bridgehead atoms. The molecule has 1 saturated carbocycles. The van der Waals surface area contributed by atoms with E-state index in [2.05, 4.69) is 26.2 Å². The van der Waals surface area contributed by atoms with Crippen molar-refractivity contribution in [3.05, 3.63) is 22.3 Å². The summed E-state index contributed by atoms with van der Waals surface area (Å²) in [6, 6.07) is 1.57. The van der Waals surface area contributed by atoms with Crippen molar-refractivity contribution in [1.82, 2.24) is 4.98 Å². The van der Waals surface area contributed by atoms with Gasteiger partial charge < -0.3 is 10.4 Å². The van der Waals surface area contributed by atoms with Crippen molar-refractivity contribution in [1.29, 1.82) is 0 Å². The summed E-state index contributed by atoms with van der Waals surface area (Å²) in [6.45, 7) is 0.814. The van der Waals surface area contributed by atoms with Crippen LogP contribution in [0, 0.1) is 5.92 Å². The Hall–Kier alpha value is -1.10. The van der Waals surface area contributed by atoms with Gasteiger partial charge in [-0.25, -0.2) is 9.78 Å². The molecule has 1 aliphatic rings. The number of nitrogens with zero attached hydrogens (tertiary/aromatic N) is 1. The Kier molecular flexibility index (Phi) is 3.43. The zero-order chi connectivity index (χ0) is 11.5. The molecule has 16 heavy (non-hydrogen) atoms. The molecule has 0 saturated heterocycles. The van der Waals surface area contributed by atoms with Gasteiger partial charge in [0.15, 0.2) is 0 Å². The Bertz CT molecular complexity index is 405. The van der Waals surface area contributed by atoms with E-state index < -0.39 is 5.97 Å². The van der Waals surface area contributed by atoms with Crippen LogP contribution in [0.15, 0.2) is 16.7 Å². The number of hydrogen-bond acceptors (Lipinski definition) is 3. The van der Waals surface area contributed by atoms with Gasteiger partial charge in [0.2, 0.25) is 0 Å². The number of anilines is 1. The van der Waals surface area contributed by atoms with Crippen molar-refractivity contribution in [2.24, 2.45) is 5.92 Å². The molecule has 0 unspecified atom stereocenters. The maximum atomic E-state index is 11.0. The molecule has 1 aliphatic carbocycles. The Balaban J connectivity index is 2.08. The number of rotatable bonds is 4. The predicted molar refractivity (Wildman–Crippen MR) is 64.7 cm³/mol. The highest BCUT2D eigenvalue weighted by atomic mass is 79.9. The van der Waals surface area contributed by atoms with Gasteiger partial charge in [0.05, 0.1) is 0 Å². The van der Waals surface area contributed by atoms with Gasteiger partial charge >= 0.3 is 5.97 Å². The average Bonchev–Trinajstić information content (AvgIpc) is 2.17. The van der Waals surface area contributed by atoms with E-state index in [9.17, 15) is 4.79 Å². The maximum absolute atomic E-state index is 11.0. The first kappa shape index (κ1) is 11.4. The van der Waals surface area contributed by atoms with E-state index in [-0.39, 0.29) is 5.56 Å². The lowest BCUT2D eigenvalue weighted by Gasteiger charge is -2.25. The largest absolute Gasteiger partial charge is 0.478 e. The zero-order valence-electron chi connectivity index (χ0n) is 8.74. The molecule has 0 atom stereocenters. The minimum Gasteiger partial charge on any atom is -0.478 e. The molecule has 0 aromatic carbocycles. The third-order valence-corrected chi connectivity index (χ3v) is 3.30. The van der Waals surface area contributed by atoms with Crippen LogP contribution >= 0.6 is 15.9 Å². The van der Waals surface area contributed by atoms with E-state index in [0.29, 0.717) is 16.2 Å². The molecular weight excluding hydrogens is 272 g/mol. The minimum absolute atomic E-state index is 0.216. The van der Waals surface area contributed by atoms with Gasteiger partial charge in [-0.3, -0.25) is 0 Å². The van der Waals surface area contributed by atoms with Gasteiger partial charge in [0, 0.05) is 17.2 Å². The molecule has 2 N–H and O–H groups in total. The van der Waals surface area contributed by atoms with Gasteiger partial charge in [-0.1, -0.05) is 6.42 Å². The molecule has 0 aliphatic heterocycles. The van der Waals surface area contributed by atoms with Crippen molar-refractivity contribution < 1.29 is 9.90 Å². The Morgan fingerprint density at radius 3 is 2.94 bits per heavy atom. The van der Waals surface area contributed by atoms with Crippen LogP contribution in [0.3, 0.4) is 0 Å². The molecule has 1 heterocycles. The average molecular weight is 285 g/mol. The second-order valence-electron chi connectivity index (χ2n) is 4.03. The van der Waals surface area contributed by atoms with Gasteiger partial charge in [0.1, 0.15) is 11.4 Å². The number of aromatic nitrogens is 1. The standard InChI is InChI=1S/C11H13BrN2O2/c12-8-4-9(11(15)16)10(14-6-8)13-5-7-2-1-3-7/h4,6-7H,1-3,5H2,(H,13,14)(H,15,16). The van der Waals surface area contributed by atoms with Crippen LogP contribution in [0.1, 0.15) is 29.6 Å². The van der Waals surface area contributed by atoms with Crippen LogP contribution in [0.2, 0.25) is 0 Å². The summed E-state index contributed by atoms with van der Waals surface area (Å²) >= 11 is 3.22. The lowest BCUT2D eigenvalue weighted by molar-refractivity contribution is 0.0697. The SMILES string of the molecule is O=C(O)c1cc(Br)cnc1NCC1CCC1. The first-order chi connectivity index (χ1) is 7.66. The van der Waals surface area contributed by atoms with Gasteiger partial charge in [-0.15, -0.1) is 0 Å². The van der Waals surface area contributed by atoms with Crippen LogP contribution in [-0.2, 0) is 0 Å². The molecule has 1 aromatic heterocycles. The molecule has 0 amide bonds. The molecule has 1 aromatic rings. The molecule has 0 spiro atoms. The topological polar surface area (TPSA) is 62.2 Å². The number of pyridine rings is 1. The van der Waals surface area contributed by atoms with Gasteiger partial charge in [-0.2, -0.15) is 0 Å². The second-order valence-corrected chi connectivity index (χ2v) is 4.95. The number of carboxylic acids is 1. The van der Waals surface area contributed by atoms with Crippen molar-refractivity contribution >= 4 is 27.7 Å². The fourth-order valence-electron chi connectivity index (χ4n) is 1.68. The Labute approximate surface area is 102 Å². The molecule has 0 radical (unpaired) electrons. The number of halogens is 1. The summed E-state index contributed by atoms with van der Waals surface area (Å²) in [4.78, 5) is 15.1. The highest BCUT2D eigenvalue weighted by molar-refractivity contribution is 9.10. The summed E-state index contributed by atoms with van der Waals surface area (Å²) in [5.74, 6) is 0.180. The fourth-order valence-corrected chi connectivity index (χ4v) is 2.01. The summed E-state index contributed by atoms with van der Waals surface area (Å²) in [5, 5.41) is 12.1. The molecule has 2 rings (SSSR count). The normalized spacial score (nSPS) is 15.6. The highest BCUT2D eigenvalue weighted by Gasteiger charge is 2.18. The highest BCUT2D eigenvalue weighted by Crippen LogP contribution is 2.27. The second kappa shape index (κ2) is 4.82. The molecule has 86 valence electrons. The first-order valence-corrected chi connectivity index (χ1v) is 6.09. The van der Waals surface area contributed by atoms with Gasteiger partial charge in [-0.05, 0) is 40.8 Å². The molecule has 4 nitrogen and oxygen atoms in total. The Morgan fingerprint density at radius 2 is 2.38 bits per heavy atom. The summed E-state index contributed by atoms with van der Waals surface area (Å²) in [7, 11) is 0. The summed E-state index contributed by atoms with van der Waals surface area (Å²) in [5.41, 5.74) is 0.216. The third-order valence-electron chi connectivity index (χ3n) is 2.87. The van der Waals surface area contributed by atoms with Crippen LogP contribution in [0.25, 0.3) is 0 Å². The molecule has 5 heteroatoms. The van der Waals surface area contributed by atoms with E-state index in [0.717, 1.165) is 6.54 Å². The zero-order valence-corrected chi connectivity index (χ0v) is 10.3. The van der Waals surface area contributed by atoms with Gasteiger partial charge in [0.25, 0.3) is 0 Å². The predicted octanol–water partition coefficient (Wildman–Crippen LogP) is 2.75. The number of carbonyl (C=O) groups is 1. The van der Waals surface area contributed by atoms with E-state index in [4.69, 9.17) is 5.11 Å².